The fourth-order valence-corrected chi connectivity index (χ4v) is 1.07. The molecule has 0 N–H and O–H groups in total. The van der Waals surface area contributed by atoms with E-state index >= 15 is 0 Å². The Kier molecular flexibility index (Phi) is 2.12. The molecule has 11 heavy (non-hydrogen) atoms. The minimum Gasteiger partial charge on any atom is -0.337 e. The highest BCUT2D eigenvalue weighted by Gasteiger charge is 2.24. The second-order valence-electron chi connectivity index (χ2n) is 2.81. The van der Waals surface area contributed by atoms with Crippen molar-refractivity contribution in [1.82, 2.24) is 9.80 Å². The lowest BCUT2D eigenvalue weighted by Crippen LogP contribution is -2.38. The molecule has 2 amide bonds. The molecule has 1 saturated heterocycles. The van der Waals surface area contributed by atoms with E-state index in [1.165, 1.54) is 9.80 Å². The van der Waals surface area contributed by atoms with Crippen LogP contribution in [0.2, 0.25) is 0 Å². The summed E-state index contributed by atoms with van der Waals surface area (Å²) in [6, 6.07) is 0. The van der Waals surface area contributed by atoms with Crippen molar-refractivity contribution in [1.29, 1.82) is 0 Å². The fourth-order valence-electron chi connectivity index (χ4n) is 1.07. The molecular formula is C7H12N2O2. The molecule has 0 aromatic carbocycles. The van der Waals surface area contributed by atoms with Gasteiger partial charge in [-0.15, -0.1) is 0 Å². The number of carbonyl (C=O) groups excluding carboxylic acids is 2. The van der Waals surface area contributed by atoms with Crippen molar-refractivity contribution in [2.75, 3.05) is 27.2 Å². The van der Waals surface area contributed by atoms with Crippen LogP contribution in [-0.2, 0) is 9.59 Å². The van der Waals surface area contributed by atoms with Crippen LogP contribution >= 0.6 is 0 Å². The zero-order valence-electron chi connectivity index (χ0n) is 6.83. The Morgan fingerprint density at radius 1 is 1.00 bits per heavy atom. The summed E-state index contributed by atoms with van der Waals surface area (Å²) in [7, 11) is 3.30. The predicted octanol–water partition coefficient (Wildman–Crippen LogP) is -0.693. The molecule has 0 aliphatic carbocycles. The first-order valence-electron chi connectivity index (χ1n) is 3.63. The van der Waals surface area contributed by atoms with Crippen molar-refractivity contribution in [3.63, 3.8) is 0 Å². The van der Waals surface area contributed by atoms with Gasteiger partial charge in [-0.3, -0.25) is 9.59 Å². The monoisotopic (exact) mass is 156 g/mol. The first-order chi connectivity index (χ1) is 5.13. The molecule has 1 rings (SSSR count). The number of amides is 2. The molecule has 0 radical (unpaired) electrons. The van der Waals surface area contributed by atoms with Crippen molar-refractivity contribution in [3.05, 3.63) is 0 Å². The maximum Gasteiger partial charge on any atom is 0.311 e. The minimum atomic E-state index is -0.398. The van der Waals surface area contributed by atoms with Crippen LogP contribution in [0, 0.1) is 0 Å². The van der Waals surface area contributed by atoms with Gasteiger partial charge in [0.1, 0.15) is 0 Å². The minimum absolute atomic E-state index is 0.398. The molecule has 1 fully saturated rings. The van der Waals surface area contributed by atoms with E-state index in [0.717, 1.165) is 6.42 Å². The lowest BCUT2D eigenvalue weighted by atomic mass is 10.4. The summed E-state index contributed by atoms with van der Waals surface area (Å²) in [5.74, 6) is -0.796. The van der Waals surface area contributed by atoms with Gasteiger partial charge in [-0.25, -0.2) is 0 Å². The largest absolute Gasteiger partial charge is 0.337 e. The van der Waals surface area contributed by atoms with Gasteiger partial charge in [0, 0.05) is 27.2 Å². The Balaban J connectivity index is 2.74. The molecule has 0 spiro atoms. The van der Waals surface area contributed by atoms with Crippen LogP contribution in [0.3, 0.4) is 0 Å². The van der Waals surface area contributed by atoms with Gasteiger partial charge in [-0.1, -0.05) is 0 Å². The summed E-state index contributed by atoms with van der Waals surface area (Å²) in [4.78, 5) is 25.1. The Labute approximate surface area is 65.8 Å². The number of hydrogen-bond acceptors (Lipinski definition) is 2. The fraction of sp³-hybridized carbons (Fsp3) is 0.714. The predicted molar refractivity (Wildman–Crippen MR) is 39.9 cm³/mol. The van der Waals surface area contributed by atoms with Gasteiger partial charge in [0.15, 0.2) is 0 Å². The number of nitrogens with zero attached hydrogens (tertiary/aromatic N) is 2. The third kappa shape index (κ3) is 1.50. The van der Waals surface area contributed by atoms with Crippen LogP contribution in [0.1, 0.15) is 6.42 Å². The number of likely N-dealkylation sites (N-methyl/N-ethyl adjacent to an activating group) is 2. The first kappa shape index (κ1) is 8.04. The molecule has 4 nitrogen and oxygen atoms in total. The SMILES string of the molecule is CN1CCCN(C)C(=O)C1=O. The van der Waals surface area contributed by atoms with Gasteiger partial charge in [0.05, 0.1) is 0 Å². The zero-order valence-corrected chi connectivity index (χ0v) is 6.83. The third-order valence-electron chi connectivity index (χ3n) is 1.86. The normalized spacial score (nSPS) is 20.5. The molecular weight excluding hydrogens is 144 g/mol. The van der Waals surface area contributed by atoms with Crippen molar-refractivity contribution < 1.29 is 9.59 Å². The molecule has 0 atom stereocenters. The third-order valence-corrected chi connectivity index (χ3v) is 1.86. The van der Waals surface area contributed by atoms with Crippen molar-refractivity contribution in [2.24, 2.45) is 0 Å². The van der Waals surface area contributed by atoms with Crippen molar-refractivity contribution in [2.45, 2.75) is 6.42 Å². The molecule has 0 saturated carbocycles. The Bertz CT molecular complexity index is 171. The maximum absolute atomic E-state index is 11.1. The summed E-state index contributed by atoms with van der Waals surface area (Å²) < 4.78 is 0. The Morgan fingerprint density at radius 3 is 1.73 bits per heavy atom. The average Bonchev–Trinajstić information content (AvgIpc) is 2.07. The van der Waals surface area contributed by atoms with Gasteiger partial charge in [-0.2, -0.15) is 0 Å². The van der Waals surface area contributed by atoms with Gasteiger partial charge < -0.3 is 9.80 Å². The van der Waals surface area contributed by atoms with Gasteiger partial charge in [-0.05, 0) is 6.42 Å². The van der Waals surface area contributed by atoms with E-state index in [-0.39, 0.29) is 0 Å². The molecule has 0 unspecified atom stereocenters. The van der Waals surface area contributed by atoms with Crippen LogP contribution in [0.4, 0.5) is 0 Å². The van der Waals surface area contributed by atoms with E-state index in [1.807, 2.05) is 0 Å². The lowest BCUT2D eigenvalue weighted by Gasteiger charge is -2.13. The topological polar surface area (TPSA) is 40.6 Å². The number of rotatable bonds is 0. The molecule has 0 aromatic rings. The van der Waals surface area contributed by atoms with E-state index < -0.39 is 11.8 Å². The molecule has 0 bridgehead atoms. The lowest BCUT2D eigenvalue weighted by molar-refractivity contribution is -0.148. The van der Waals surface area contributed by atoms with E-state index in [1.54, 1.807) is 14.1 Å². The summed E-state index contributed by atoms with van der Waals surface area (Å²) in [5.41, 5.74) is 0. The summed E-state index contributed by atoms with van der Waals surface area (Å²) >= 11 is 0. The van der Waals surface area contributed by atoms with Gasteiger partial charge in [0.2, 0.25) is 0 Å². The number of carbonyl (C=O) groups is 2. The van der Waals surface area contributed by atoms with E-state index in [2.05, 4.69) is 0 Å². The zero-order chi connectivity index (χ0) is 8.43. The summed E-state index contributed by atoms with van der Waals surface area (Å²) in [6.45, 7) is 1.35. The van der Waals surface area contributed by atoms with Crippen LogP contribution in [0.5, 0.6) is 0 Å². The number of hydrogen-bond donors (Lipinski definition) is 0. The smallest absolute Gasteiger partial charge is 0.311 e. The highest BCUT2D eigenvalue weighted by molar-refractivity contribution is 6.34. The van der Waals surface area contributed by atoms with Crippen LogP contribution < -0.4 is 0 Å². The standard InChI is InChI=1S/C7H12N2O2/c1-8-4-3-5-9(2)7(11)6(8)10/h3-5H2,1-2H3. The van der Waals surface area contributed by atoms with Gasteiger partial charge >= 0.3 is 11.8 Å². The quantitative estimate of drug-likeness (QED) is 0.435. The second-order valence-corrected chi connectivity index (χ2v) is 2.81. The van der Waals surface area contributed by atoms with E-state index in [0.29, 0.717) is 13.1 Å². The maximum atomic E-state index is 11.1. The van der Waals surface area contributed by atoms with E-state index in [4.69, 9.17) is 0 Å². The molecule has 4 heteroatoms. The molecule has 1 aliphatic rings. The molecule has 1 aliphatic heterocycles. The first-order valence-corrected chi connectivity index (χ1v) is 3.63. The molecule has 0 aromatic heterocycles. The van der Waals surface area contributed by atoms with Crippen molar-refractivity contribution in [3.8, 4) is 0 Å². The highest BCUT2D eigenvalue weighted by atomic mass is 16.2. The van der Waals surface area contributed by atoms with Crippen LogP contribution in [0.25, 0.3) is 0 Å². The highest BCUT2D eigenvalue weighted by Crippen LogP contribution is 2.00. The molecule has 62 valence electrons. The summed E-state index contributed by atoms with van der Waals surface area (Å²) in [5, 5.41) is 0. The van der Waals surface area contributed by atoms with Gasteiger partial charge in [0.25, 0.3) is 0 Å². The van der Waals surface area contributed by atoms with Crippen LogP contribution in [-0.4, -0.2) is 48.8 Å². The van der Waals surface area contributed by atoms with E-state index in [9.17, 15) is 9.59 Å². The second kappa shape index (κ2) is 2.90. The Morgan fingerprint density at radius 2 is 1.36 bits per heavy atom. The van der Waals surface area contributed by atoms with Crippen LogP contribution in [0.15, 0.2) is 0 Å². The van der Waals surface area contributed by atoms with Crippen molar-refractivity contribution >= 4 is 11.8 Å². The Hall–Kier alpha value is -1.06. The molecule has 1 heterocycles. The summed E-state index contributed by atoms with van der Waals surface area (Å²) in [6.07, 6.45) is 0.866. The average molecular weight is 156 g/mol.